The lowest BCUT2D eigenvalue weighted by atomic mass is 10.1. The molecule has 9 heteroatoms. The molecule has 0 radical (unpaired) electrons. The summed E-state index contributed by atoms with van der Waals surface area (Å²) in [6, 6.07) is 1.81. The minimum absolute atomic E-state index is 0.0151. The predicted molar refractivity (Wildman–Crippen MR) is 119 cm³/mol. The van der Waals surface area contributed by atoms with Gasteiger partial charge in [-0.05, 0) is 32.6 Å². The van der Waals surface area contributed by atoms with Crippen LogP contribution in [0.2, 0.25) is 0 Å². The largest absolute Gasteiger partial charge is 0.378 e. The van der Waals surface area contributed by atoms with Gasteiger partial charge in [-0.3, -0.25) is 19.5 Å². The van der Waals surface area contributed by atoms with Crippen LogP contribution >= 0.6 is 0 Å². The van der Waals surface area contributed by atoms with E-state index < -0.39 is 0 Å². The second kappa shape index (κ2) is 9.44. The number of ether oxygens (including phenoxy) is 1. The number of H-pyrrole nitrogens is 1. The van der Waals surface area contributed by atoms with Crippen molar-refractivity contribution in [1.29, 1.82) is 0 Å². The fourth-order valence-electron chi connectivity index (χ4n) is 4.66. The van der Waals surface area contributed by atoms with Gasteiger partial charge in [0.1, 0.15) is 0 Å². The number of aromatic nitrogens is 3. The van der Waals surface area contributed by atoms with Crippen LogP contribution in [0.15, 0.2) is 10.9 Å². The number of carbonyl (C=O) groups excluding carboxylic acids is 2. The first-order valence-corrected chi connectivity index (χ1v) is 11.7. The molecule has 0 aromatic carbocycles. The summed E-state index contributed by atoms with van der Waals surface area (Å²) in [5.74, 6) is 0.181. The number of carbonyl (C=O) groups is 2. The van der Waals surface area contributed by atoms with Crippen molar-refractivity contribution in [3.05, 3.63) is 33.4 Å². The second-order valence-corrected chi connectivity index (χ2v) is 8.88. The van der Waals surface area contributed by atoms with Gasteiger partial charge in [-0.2, -0.15) is 0 Å². The van der Waals surface area contributed by atoms with E-state index in [-0.39, 0.29) is 35.8 Å². The van der Waals surface area contributed by atoms with Crippen LogP contribution in [0.5, 0.6) is 0 Å². The third-order valence-electron chi connectivity index (χ3n) is 6.82. The lowest BCUT2D eigenvalue weighted by Gasteiger charge is -2.26. The highest BCUT2D eigenvalue weighted by atomic mass is 16.5. The van der Waals surface area contributed by atoms with Crippen LogP contribution in [0.1, 0.15) is 62.5 Å². The number of fused-ring (bicyclic) bond motifs is 1. The monoisotopic (exact) mass is 443 g/mol. The first-order chi connectivity index (χ1) is 15.4. The Morgan fingerprint density at radius 3 is 2.75 bits per heavy atom. The predicted octanol–water partition coefficient (Wildman–Crippen LogP) is 1.83. The normalized spacial score (nSPS) is 20.2. The lowest BCUT2D eigenvalue weighted by molar-refractivity contribution is -0.136. The smallest absolute Gasteiger partial charge is 0.276 e. The summed E-state index contributed by atoms with van der Waals surface area (Å²) >= 11 is 0. The minimum atomic E-state index is -0.175. The molecule has 2 aliphatic rings. The van der Waals surface area contributed by atoms with Gasteiger partial charge in [0.15, 0.2) is 5.65 Å². The van der Waals surface area contributed by atoms with Gasteiger partial charge in [-0.15, -0.1) is 0 Å². The van der Waals surface area contributed by atoms with Crippen molar-refractivity contribution in [3.8, 4) is 0 Å². The molecule has 9 nitrogen and oxygen atoms in total. The first-order valence-electron chi connectivity index (χ1n) is 11.7. The molecule has 2 atom stereocenters. The van der Waals surface area contributed by atoms with Gasteiger partial charge < -0.3 is 14.5 Å². The van der Waals surface area contributed by atoms with Gasteiger partial charge in [-0.1, -0.05) is 13.8 Å². The van der Waals surface area contributed by atoms with Crippen molar-refractivity contribution in [3.63, 3.8) is 0 Å². The molecule has 2 amide bonds. The van der Waals surface area contributed by atoms with E-state index in [1.165, 1.54) is 4.52 Å². The molecule has 4 rings (SSSR count). The van der Waals surface area contributed by atoms with Gasteiger partial charge in [0.2, 0.25) is 11.8 Å². The molecule has 0 bridgehead atoms. The van der Waals surface area contributed by atoms with Crippen molar-refractivity contribution in [1.82, 2.24) is 24.4 Å². The zero-order valence-electron chi connectivity index (χ0n) is 19.2. The Hall–Kier alpha value is -2.68. The summed E-state index contributed by atoms with van der Waals surface area (Å²) in [7, 11) is 0. The Labute approximate surface area is 187 Å². The number of aromatic amines is 1. The van der Waals surface area contributed by atoms with Crippen molar-refractivity contribution in [2.24, 2.45) is 5.92 Å². The van der Waals surface area contributed by atoms with E-state index >= 15 is 0 Å². The van der Waals surface area contributed by atoms with Crippen LogP contribution in [0.4, 0.5) is 0 Å². The van der Waals surface area contributed by atoms with Gasteiger partial charge >= 0.3 is 0 Å². The van der Waals surface area contributed by atoms with E-state index in [2.05, 4.69) is 10.1 Å². The lowest BCUT2D eigenvalue weighted by Crippen LogP contribution is -2.41. The van der Waals surface area contributed by atoms with Crippen LogP contribution in [-0.4, -0.2) is 69.1 Å². The fraction of sp³-hybridized carbons (Fsp3) is 0.652. The molecule has 0 saturated carbocycles. The quantitative estimate of drug-likeness (QED) is 0.734. The molecule has 2 aromatic rings. The number of morpholine rings is 1. The third-order valence-corrected chi connectivity index (χ3v) is 6.82. The summed E-state index contributed by atoms with van der Waals surface area (Å²) in [4.78, 5) is 46.9. The molecule has 2 fully saturated rings. The van der Waals surface area contributed by atoms with E-state index in [9.17, 15) is 14.4 Å². The number of rotatable bonds is 6. The number of hydrogen-bond acceptors (Lipinski definition) is 5. The van der Waals surface area contributed by atoms with Crippen LogP contribution in [-0.2, 0) is 20.7 Å². The highest BCUT2D eigenvalue weighted by Crippen LogP contribution is 2.33. The Morgan fingerprint density at radius 1 is 1.28 bits per heavy atom. The molecule has 4 heterocycles. The van der Waals surface area contributed by atoms with Crippen LogP contribution in [0.25, 0.3) is 5.65 Å². The zero-order chi connectivity index (χ0) is 22.8. The number of likely N-dealkylation sites (tertiary alicyclic amines) is 1. The number of aryl methyl sites for hydroxylation is 1. The number of nitrogens with one attached hydrogen (secondary N) is 1. The Morgan fingerprint density at radius 2 is 2.03 bits per heavy atom. The maximum atomic E-state index is 13.2. The maximum Gasteiger partial charge on any atom is 0.276 e. The van der Waals surface area contributed by atoms with Gasteiger partial charge in [0.05, 0.1) is 24.9 Å². The molecule has 1 N–H and O–H groups in total. The van der Waals surface area contributed by atoms with E-state index in [1.807, 2.05) is 31.7 Å². The highest BCUT2D eigenvalue weighted by molar-refractivity contribution is 5.79. The summed E-state index contributed by atoms with van der Waals surface area (Å²) in [5, 5.41) is 3.20. The molecule has 32 heavy (non-hydrogen) atoms. The topological polar surface area (TPSA) is 100 Å². The van der Waals surface area contributed by atoms with Crippen molar-refractivity contribution >= 4 is 17.5 Å². The summed E-state index contributed by atoms with van der Waals surface area (Å²) in [6.07, 6.45) is 3.24. The fourth-order valence-corrected chi connectivity index (χ4v) is 4.66. The van der Waals surface area contributed by atoms with Gasteiger partial charge in [-0.25, -0.2) is 9.50 Å². The molecular formula is C23H33N5O4. The molecule has 174 valence electrons. The average molecular weight is 444 g/mol. The molecular weight excluding hydrogens is 410 g/mol. The summed E-state index contributed by atoms with van der Waals surface area (Å²) in [5.41, 5.74) is 2.41. The van der Waals surface area contributed by atoms with E-state index in [4.69, 9.17) is 4.74 Å². The van der Waals surface area contributed by atoms with Gasteiger partial charge in [0.25, 0.3) is 5.56 Å². The number of nitrogens with zero attached hydrogens (tertiary/aromatic N) is 4. The summed E-state index contributed by atoms with van der Waals surface area (Å²) < 4.78 is 6.76. The Balaban J connectivity index is 1.55. The molecule has 0 unspecified atom stereocenters. The minimum Gasteiger partial charge on any atom is -0.378 e. The molecule has 0 spiro atoms. The van der Waals surface area contributed by atoms with Crippen LogP contribution in [0, 0.1) is 12.8 Å². The van der Waals surface area contributed by atoms with Gasteiger partial charge in [0, 0.05) is 49.3 Å². The first kappa shape index (κ1) is 22.5. The number of amides is 2. The van der Waals surface area contributed by atoms with Crippen LogP contribution in [0.3, 0.4) is 0 Å². The second-order valence-electron chi connectivity index (χ2n) is 8.88. The van der Waals surface area contributed by atoms with E-state index in [1.54, 1.807) is 4.90 Å². The number of hydrogen-bond donors (Lipinski definition) is 1. The third kappa shape index (κ3) is 4.30. The highest BCUT2D eigenvalue weighted by Gasteiger charge is 2.33. The average Bonchev–Trinajstić information content (AvgIpc) is 3.45. The Bertz CT molecular complexity index is 1050. The molecule has 2 aliphatic heterocycles. The van der Waals surface area contributed by atoms with Crippen molar-refractivity contribution in [2.45, 2.75) is 58.9 Å². The maximum absolute atomic E-state index is 13.2. The summed E-state index contributed by atoms with van der Waals surface area (Å²) in [6.45, 7) is 8.85. The molecule has 2 saturated heterocycles. The molecule has 2 aromatic heterocycles. The Kier molecular flexibility index (Phi) is 6.64. The van der Waals surface area contributed by atoms with E-state index in [0.717, 1.165) is 31.5 Å². The zero-order valence-corrected chi connectivity index (χ0v) is 19.2. The standard InChI is InChI=1S/C23H33N5O4/c1-4-15(2)22(30)27-9-5-6-19(27)18-14-20-24-16(3)17(23(31)28(20)25-18)7-8-21(29)26-10-12-32-13-11-26/h14-15,19,25H,4-13H2,1-3H3/t15-,19-/m0/s1. The SMILES string of the molecule is CC[C@H](C)C(=O)N1CCC[C@H]1c1cc2nc(C)c(CCC(=O)N3CCOCC3)c(=O)n2[nH]1. The van der Waals surface area contributed by atoms with Crippen molar-refractivity contribution in [2.75, 3.05) is 32.8 Å². The van der Waals surface area contributed by atoms with E-state index in [0.29, 0.717) is 49.6 Å². The van der Waals surface area contributed by atoms with Crippen molar-refractivity contribution < 1.29 is 14.3 Å². The molecule has 0 aliphatic carbocycles. The van der Waals surface area contributed by atoms with Crippen LogP contribution < -0.4 is 5.56 Å².